The second kappa shape index (κ2) is 16.7. The van der Waals surface area contributed by atoms with Crippen molar-refractivity contribution in [2.75, 3.05) is 0 Å². The van der Waals surface area contributed by atoms with Crippen LogP contribution in [0.25, 0.3) is 0 Å². The molecule has 0 spiro atoms. The van der Waals surface area contributed by atoms with Gasteiger partial charge in [-0.3, -0.25) is 19.2 Å². The van der Waals surface area contributed by atoms with Crippen LogP contribution in [0.15, 0.2) is 141 Å². The van der Waals surface area contributed by atoms with Gasteiger partial charge in [-0.2, -0.15) is 0 Å². The minimum atomic E-state index is -0.466. The van der Waals surface area contributed by atoms with Crippen molar-refractivity contribution < 1.29 is 41.0 Å². The Morgan fingerprint density at radius 1 is 0.488 bits per heavy atom. The molecule has 4 aromatic carbocycles. The zero-order valence-corrected chi connectivity index (χ0v) is 28.8. The maximum atomic E-state index is 11.8. The minimum Gasteiger partial charge on any atom is -0.285 e. The summed E-state index contributed by atoms with van der Waals surface area (Å²) in [6.07, 6.45) is 0. The summed E-state index contributed by atoms with van der Waals surface area (Å²) in [5.41, 5.74) is 6.52. The van der Waals surface area contributed by atoms with Crippen molar-refractivity contribution in [3.8, 4) is 0 Å². The molecule has 0 amide bonds. The number of hydrogen-bond donors (Lipinski definition) is 0. The van der Waals surface area contributed by atoms with Gasteiger partial charge < -0.3 is 0 Å². The van der Waals surface area contributed by atoms with E-state index in [1.807, 2.05) is 27.5 Å². The molecule has 0 heterocycles. The average Bonchev–Trinajstić information content (AvgIpc) is 3.26. The summed E-state index contributed by atoms with van der Waals surface area (Å²) in [6, 6.07) is 34.3. The maximum absolute atomic E-state index is 11.8. The Kier molecular flexibility index (Phi) is 13.1. The Balaban J connectivity index is 0.000000180. The standard InChI is InChI=1S/2C14H10O2.C9H13.H2Si.Zr/c2*15-13(11-7-3-1-4-8-11)14(16)12-9-5-2-6-10-12;1-6-5-7(2)9(4)8(6)3;;/h2*1-10H;6H,1-4H3;1H2;. The predicted molar refractivity (Wildman–Crippen MR) is 172 cm³/mol. The molecule has 0 saturated carbocycles. The van der Waals surface area contributed by atoms with Crippen LogP contribution >= 0.6 is 0 Å². The van der Waals surface area contributed by atoms with Gasteiger partial charge in [0.05, 0.1) is 0 Å². The van der Waals surface area contributed by atoms with E-state index in [0.29, 0.717) is 22.3 Å². The second-order valence-electron chi connectivity index (χ2n) is 10.0. The maximum Gasteiger partial charge on any atom is 0.233 e. The fraction of sp³-hybridized carbons (Fsp3) is 0.135. The number of rotatable bonds is 7. The molecule has 0 saturated heterocycles. The first-order valence-corrected chi connectivity index (χ1v) is 21.1. The van der Waals surface area contributed by atoms with Crippen molar-refractivity contribution in [3.63, 3.8) is 0 Å². The molecule has 5 rings (SSSR count). The summed E-state index contributed by atoms with van der Waals surface area (Å²) in [4.78, 5) is 47.2. The van der Waals surface area contributed by atoms with Gasteiger partial charge in [0.1, 0.15) is 0 Å². The van der Waals surface area contributed by atoms with Crippen LogP contribution in [-0.4, -0.2) is 30.0 Å². The van der Waals surface area contributed by atoms with Crippen molar-refractivity contribution in [2.45, 2.75) is 27.7 Å². The SMILES string of the molecule is CC1=C(C)C(C)[C]([Zr]=[SiH2])=C1C.O=C(C(=O)c1ccccc1)c1ccccc1.O=C(C(=O)c1ccccc1)c1ccccc1. The molecular formula is C37H35O4SiZr. The Morgan fingerprint density at radius 2 is 0.744 bits per heavy atom. The third-order valence-electron chi connectivity index (χ3n) is 7.39. The van der Waals surface area contributed by atoms with E-state index in [9.17, 15) is 19.2 Å². The first-order valence-electron chi connectivity index (χ1n) is 14.0. The van der Waals surface area contributed by atoms with E-state index in [0.717, 1.165) is 5.92 Å². The quantitative estimate of drug-likeness (QED) is 0.118. The van der Waals surface area contributed by atoms with Gasteiger partial charge in [-0.05, 0) is 0 Å². The van der Waals surface area contributed by atoms with Crippen molar-refractivity contribution in [1.82, 2.24) is 0 Å². The van der Waals surface area contributed by atoms with Crippen molar-refractivity contribution in [3.05, 3.63) is 164 Å². The van der Waals surface area contributed by atoms with E-state index in [1.54, 1.807) is 114 Å². The Bertz CT molecular complexity index is 1460. The van der Waals surface area contributed by atoms with Crippen LogP contribution in [0.2, 0.25) is 0 Å². The molecule has 0 aromatic heterocycles. The summed E-state index contributed by atoms with van der Waals surface area (Å²) >= 11 is -0.158. The first-order chi connectivity index (χ1) is 20.7. The van der Waals surface area contributed by atoms with Gasteiger partial charge in [0.2, 0.25) is 23.1 Å². The molecule has 0 fully saturated rings. The Morgan fingerprint density at radius 3 is 0.907 bits per heavy atom. The van der Waals surface area contributed by atoms with Gasteiger partial charge in [0.25, 0.3) is 0 Å². The summed E-state index contributed by atoms with van der Waals surface area (Å²) in [5, 5.41) is 0. The number of hydrogen-bond acceptors (Lipinski definition) is 4. The summed E-state index contributed by atoms with van der Waals surface area (Å²) in [5.74, 6) is -1.07. The molecule has 0 radical (unpaired) electrons. The fourth-order valence-electron chi connectivity index (χ4n) is 4.53. The number of carbonyl (C=O) groups excluding carboxylic acids is 4. The van der Waals surface area contributed by atoms with Crippen LogP contribution in [0.5, 0.6) is 0 Å². The van der Waals surface area contributed by atoms with E-state index in [4.69, 9.17) is 0 Å². The van der Waals surface area contributed by atoms with Gasteiger partial charge in [-0.25, -0.2) is 0 Å². The smallest absolute Gasteiger partial charge is 0.233 e. The molecule has 1 atom stereocenters. The van der Waals surface area contributed by atoms with E-state index in [1.165, 1.54) is 0 Å². The van der Waals surface area contributed by atoms with Gasteiger partial charge in [-0.15, -0.1) is 0 Å². The van der Waals surface area contributed by atoms with E-state index < -0.39 is 23.1 Å². The van der Waals surface area contributed by atoms with Crippen LogP contribution in [0.4, 0.5) is 0 Å². The fourth-order valence-corrected chi connectivity index (χ4v) is 10.3. The summed E-state index contributed by atoms with van der Waals surface area (Å²) in [6.45, 7) is 11.4. The molecule has 1 aliphatic rings. The molecule has 0 aliphatic heterocycles. The number of Topliss-reactive ketones (excluding diaryl/α,β-unsaturated/α-hetero) is 4. The molecule has 215 valence electrons. The zero-order valence-electron chi connectivity index (χ0n) is 25.0. The molecule has 4 aromatic rings. The third kappa shape index (κ3) is 9.06. The summed E-state index contributed by atoms with van der Waals surface area (Å²) < 4.78 is 1.82. The third-order valence-corrected chi connectivity index (χ3v) is 12.6. The van der Waals surface area contributed by atoms with Crippen LogP contribution in [0.3, 0.4) is 0 Å². The normalized spacial score (nSPS) is 13.5. The van der Waals surface area contributed by atoms with Crippen molar-refractivity contribution >= 4 is 30.0 Å². The number of allylic oxidation sites excluding steroid dienone is 4. The van der Waals surface area contributed by atoms with Crippen LogP contribution in [0, 0.1) is 5.92 Å². The second-order valence-corrected chi connectivity index (χ2v) is 14.3. The minimum absolute atomic E-state index is 0.158. The van der Waals surface area contributed by atoms with Gasteiger partial charge in [-0.1, -0.05) is 121 Å². The van der Waals surface area contributed by atoms with Crippen molar-refractivity contribution in [1.29, 1.82) is 0 Å². The summed E-state index contributed by atoms with van der Waals surface area (Å²) in [7, 11) is 0. The monoisotopic (exact) mass is 661 g/mol. The van der Waals surface area contributed by atoms with Gasteiger partial charge in [0.15, 0.2) is 0 Å². The van der Waals surface area contributed by atoms with E-state index in [2.05, 4.69) is 34.6 Å². The number of ketones is 4. The van der Waals surface area contributed by atoms with Crippen molar-refractivity contribution in [2.24, 2.45) is 5.92 Å². The largest absolute Gasteiger partial charge is 0.285 e. The molecular weight excluding hydrogens is 628 g/mol. The Hall–Kier alpha value is -3.86. The molecule has 43 heavy (non-hydrogen) atoms. The predicted octanol–water partition coefficient (Wildman–Crippen LogP) is 7.38. The zero-order chi connectivity index (χ0) is 31.4. The number of benzene rings is 4. The molecule has 1 unspecified atom stereocenters. The van der Waals surface area contributed by atoms with Crippen LogP contribution < -0.4 is 0 Å². The average molecular weight is 663 g/mol. The van der Waals surface area contributed by atoms with E-state index >= 15 is 0 Å². The molecule has 0 bridgehead atoms. The van der Waals surface area contributed by atoms with Crippen LogP contribution in [-0.2, 0) is 21.9 Å². The molecule has 6 heteroatoms. The Labute approximate surface area is 266 Å². The van der Waals surface area contributed by atoms with Crippen LogP contribution in [0.1, 0.15) is 69.1 Å². The van der Waals surface area contributed by atoms with Gasteiger partial charge in [0, 0.05) is 22.3 Å². The number of carbonyl (C=O) groups is 4. The van der Waals surface area contributed by atoms with E-state index in [-0.39, 0.29) is 21.9 Å². The molecule has 0 N–H and O–H groups in total. The topological polar surface area (TPSA) is 68.3 Å². The first kappa shape index (κ1) is 33.6. The van der Waals surface area contributed by atoms with Gasteiger partial charge >= 0.3 is 82.3 Å². The molecule has 1 aliphatic carbocycles. The molecule has 4 nitrogen and oxygen atoms in total.